The van der Waals surface area contributed by atoms with Crippen LogP contribution < -0.4 is 56.3 Å². The van der Waals surface area contributed by atoms with Gasteiger partial charge in [0.15, 0.2) is 5.71 Å². The van der Waals surface area contributed by atoms with Crippen LogP contribution in [0.5, 0.6) is 0 Å². The molecule has 0 fully saturated rings. The minimum atomic E-state index is -4.24. The second kappa shape index (κ2) is 13.9. The molecule has 42 heavy (non-hydrogen) atoms. The van der Waals surface area contributed by atoms with Crippen molar-refractivity contribution >= 4 is 37.3 Å². The van der Waals surface area contributed by atoms with Crippen molar-refractivity contribution in [3.05, 3.63) is 83.6 Å². The van der Waals surface area contributed by atoms with Gasteiger partial charge in [0, 0.05) is 59.0 Å². The number of allylic oxidation sites excluding steroid dienone is 4. The zero-order valence-electron chi connectivity index (χ0n) is 25.2. The zero-order valence-corrected chi connectivity index (χ0v) is 29.9. The van der Waals surface area contributed by atoms with Crippen molar-refractivity contribution in [2.45, 2.75) is 64.2 Å². The smallest absolute Gasteiger partial charge is 0.748 e. The number of nitrogens with zero attached hydrogens (tertiary/aromatic N) is 2. The number of para-hydroxylation sites is 2. The van der Waals surface area contributed by atoms with E-state index in [4.69, 9.17) is 0 Å². The molecule has 0 aromatic heterocycles. The molecular weight excluding hydrogens is 600 g/mol. The fraction of sp³-hybridized carbons (Fsp3) is 0.452. The first kappa shape index (κ1) is 35.3. The van der Waals surface area contributed by atoms with Crippen molar-refractivity contribution in [2.75, 3.05) is 29.5 Å². The van der Waals surface area contributed by atoms with Gasteiger partial charge in [0.2, 0.25) is 5.69 Å². The summed E-state index contributed by atoms with van der Waals surface area (Å²) in [6, 6.07) is 16.4. The Morgan fingerprint density at radius 2 is 1.36 bits per heavy atom. The molecule has 8 nitrogen and oxygen atoms in total. The molecule has 2 aliphatic heterocycles. The topological polar surface area (TPSA) is 121 Å². The van der Waals surface area contributed by atoms with Gasteiger partial charge in [-0.1, -0.05) is 56.3 Å². The largest absolute Gasteiger partial charge is 1.00 e. The monoisotopic (exact) mass is 638 g/mol. The summed E-state index contributed by atoms with van der Waals surface area (Å²) in [6.07, 6.45) is 8.02. The summed E-state index contributed by atoms with van der Waals surface area (Å²) in [4.78, 5) is 2.22. The first-order valence-corrected chi connectivity index (χ1v) is 17.2. The zero-order chi connectivity index (χ0) is 30.1. The van der Waals surface area contributed by atoms with Crippen LogP contribution in [0.25, 0.3) is 0 Å². The van der Waals surface area contributed by atoms with E-state index in [0.29, 0.717) is 38.8 Å². The van der Waals surface area contributed by atoms with Crippen molar-refractivity contribution in [1.29, 1.82) is 0 Å². The minimum absolute atomic E-state index is 0. The Morgan fingerprint density at radius 3 is 2.00 bits per heavy atom. The van der Waals surface area contributed by atoms with Gasteiger partial charge in [0.05, 0.1) is 25.7 Å². The van der Waals surface area contributed by atoms with Crippen molar-refractivity contribution in [3.8, 4) is 0 Å². The fourth-order valence-electron chi connectivity index (χ4n) is 6.09. The molecule has 0 bridgehead atoms. The van der Waals surface area contributed by atoms with Gasteiger partial charge < -0.3 is 14.0 Å². The number of hydrogen-bond donors (Lipinski definition) is 0. The van der Waals surface area contributed by atoms with E-state index in [1.165, 1.54) is 11.1 Å². The molecule has 0 saturated heterocycles. The maximum absolute atomic E-state index is 11.1. The SMILES string of the molecule is CC1(C)C(C=C/C=C2/N(CCCCS(=O)(=O)[O-])c3ccccc3C2(C)C)=[N+](CCCCS(=O)(=O)[O-])c2ccccc21.[K+]. The number of hydrogen-bond acceptors (Lipinski definition) is 7. The van der Waals surface area contributed by atoms with E-state index >= 15 is 0 Å². The van der Waals surface area contributed by atoms with Crippen LogP contribution in [0.15, 0.2) is 72.5 Å². The molecule has 2 aliphatic rings. The quantitative estimate of drug-likeness (QED) is 0.151. The van der Waals surface area contributed by atoms with E-state index in [-0.39, 0.29) is 73.7 Å². The first-order valence-electron chi connectivity index (χ1n) is 14.0. The molecule has 0 atom stereocenters. The number of rotatable bonds is 12. The summed E-state index contributed by atoms with van der Waals surface area (Å²) in [5, 5.41) is 0. The molecule has 0 unspecified atom stereocenters. The summed E-state index contributed by atoms with van der Waals surface area (Å²) in [5.41, 5.74) is 6.14. The van der Waals surface area contributed by atoms with Crippen LogP contribution in [-0.2, 0) is 31.1 Å². The molecule has 0 aliphatic carbocycles. The number of unbranched alkanes of at least 4 members (excludes halogenated alkanes) is 2. The van der Waals surface area contributed by atoms with Crippen molar-refractivity contribution in [2.24, 2.45) is 0 Å². The summed E-state index contributed by atoms with van der Waals surface area (Å²) < 4.78 is 68.9. The predicted octanol–water partition coefficient (Wildman–Crippen LogP) is 1.96. The Hall–Kier alpha value is -1.15. The Bertz CT molecular complexity index is 1610. The van der Waals surface area contributed by atoms with Crippen LogP contribution in [0.4, 0.5) is 11.4 Å². The van der Waals surface area contributed by atoms with Crippen LogP contribution in [-0.4, -0.2) is 60.8 Å². The summed E-state index contributed by atoms with van der Waals surface area (Å²) in [6.45, 7) is 9.88. The Kier molecular flexibility index (Phi) is 11.7. The summed E-state index contributed by atoms with van der Waals surface area (Å²) in [5.74, 6) is -0.731. The van der Waals surface area contributed by atoms with Crippen LogP contribution in [0, 0.1) is 0 Å². The standard InChI is InChI=1S/C31H40N2O6S2.K/c1-30(2)24-14-5-7-16-26(24)32(20-9-11-22-40(34,35)36)28(30)18-13-19-29-31(3,4)25-15-6-8-17-27(25)33(29)21-10-12-23-41(37,38)39;/h5-8,13-19H,9-12,20-23H2,1-4H3,(H-,34,35,36,37,38,39);/q;+1/p-1. The molecule has 0 saturated carbocycles. The van der Waals surface area contributed by atoms with Gasteiger partial charge in [-0.05, 0) is 50.8 Å². The maximum Gasteiger partial charge on any atom is 1.00 e. The van der Waals surface area contributed by atoms with Gasteiger partial charge in [-0.25, -0.2) is 16.8 Å². The first-order chi connectivity index (χ1) is 19.1. The van der Waals surface area contributed by atoms with Gasteiger partial charge in [-0.3, -0.25) is 0 Å². The molecule has 222 valence electrons. The molecule has 2 heterocycles. The third-order valence-corrected chi connectivity index (χ3v) is 9.74. The van der Waals surface area contributed by atoms with Crippen molar-refractivity contribution in [3.63, 3.8) is 0 Å². The van der Waals surface area contributed by atoms with Crippen LogP contribution in [0.3, 0.4) is 0 Å². The molecule has 0 amide bonds. The second-order valence-corrected chi connectivity index (χ2v) is 14.9. The maximum atomic E-state index is 11.1. The summed E-state index contributed by atoms with van der Waals surface area (Å²) in [7, 11) is -8.48. The number of benzene rings is 2. The molecule has 11 heteroatoms. The number of fused-ring (bicyclic) bond motifs is 2. The van der Waals surface area contributed by atoms with Gasteiger partial charge in [0.25, 0.3) is 0 Å². The number of anilines is 1. The predicted molar refractivity (Wildman–Crippen MR) is 161 cm³/mol. The van der Waals surface area contributed by atoms with Gasteiger partial charge in [0.1, 0.15) is 6.54 Å². The third kappa shape index (κ3) is 8.11. The van der Waals surface area contributed by atoms with E-state index < -0.39 is 20.2 Å². The normalized spacial score (nSPS) is 18.4. The molecular formula is C31H39KN2O6S2. The Balaban J connectivity index is 0.00000484. The van der Waals surface area contributed by atoms with Crippen LogP contribution in [0.1, 0.15) is 64.5 Å². The molecule has 0 spiro atoms. The van der Waals surface area contributed by atoms with E-state index in [1.807, 2.05) is 24.3 Å². The van der Waals surface area contributed by atoms with Crippen LogP contribution >= 0.6 is 0 Å². The van der Waals surface area contributed by atoms with E-state index in [1.54, 1.807) is 0 Å². The Labute approximate surface area is 293 Å². The van der Waals surface area contributed by atoms with Crippen molar-refractivity contribution in [1.82, 2.24) is 0 Å². The molecule has 4 rings (SSSR count). The van der Waals surface area contributed by atoms with E-state index in [0.717, 1.165) is 22.8 Å². The van der Waals surface area contributed by atoms with Crippen LogP contribution in [0.2, 0.25) is 0 Å². The molecule has 0 radical (unpaired) electrons. The van der Waals surface area contributed by atoms with Gasteiger partial charge in [-0.2, -0.15) is 4.58 Å². The summed E-state index contributed by atoms with van der Waals surface area (Å²) >= 11 is 0. The third-order valence-electron chi connectivity index (χ3n) is 8.16. The molecule has 0 N–H and O–H groups in total. The fourth-order valence-corrected chi connectivity index (χ4v) is 7.21. The van der Waals surface area contributed by atoms with E-state index in [9.17, 15) is 25.9 Å². The average Bonchev–Trinajstić information content (AvgIpc) is 3.23. The van der Waals surface area contributed by atoms with Crippen molar-refractivity contribution < 1.29 is 81.9 Å². The van der Waals surface area contributed by atoms with Gasteiger partial charge in [-0.15, -0.1) is 0 Å². The molecule has 2 aromatic carbocycles. The molecule has 2 aromatic rings. The second-order valence-electron chi connectivity index (χ2n) is 11.8. The Morgan fingerprint density at radius 1 is 0.786 bits per heavy atom. The van der Waals surface area contributed by atoms with E-state index in [2.05, 4.69) is 79.7 Å². The minimum Gasteiger partial charge on any atom is -0.748 e. The van der Waals surface area contributed by atoms with Gasteiger partial charge >= 0.3 is 51.4 Å². The average molecular weight is 639 g/mol.